The molecule has 0 radical (unpaired) electrons. The smallest absolute Gasteiger partial charge is 0.200 e. The summed E-state index contributed by atoms with van der Waals surface area (Å²) in [6.45, 7) is 2.19. The number of anilines is 2. The maximum atomic E-state index is 5.57. The Morgan fingerprint density at radius 2 is 2.00 bits per heavy atom. The minimum Gasteiger partial charge on any atom is -0.369 e. The van der Waals surface area contributed by atoms with Crippen LogP contribution >= 0.6 is 0 Å². The zero-order valence-corrected chi connectivity index (χ0v) is 8.40. The molecule has 1 fully saturated rings. The number of nitrogens with zero attached hydrogens (tertiary/aromatic N) is 3. The van der Waals surface area contributed by atoms with E-state index >= 15 is 0 Å². The molecule has 3 heterocycles. The first-order valence-electron chi connectivity index (χ1n) is 5.20. The van der Waals surface area contributed by atoms with Crippen LogP contribution in [-0.4, -0.2) is 28.0 Å². The number of rotatable bonds is 1. The molecule has 5 nitrogen and oxygen atoms in total. The summed E-state index contributed by atoms with van der Waals surface area (Å²) in [6, 6.07) is 4.00. The maximum Gasteiger partial charge on any atom is 0.200 e. The molecule has 0 aliphatic carbocycles. The number of fused-ring (bicyclic) bond motifs is 1. The van der Waals surface area contributed by atoms with Crippen LogP contribution in [0.15, 0.2) is 12.1 Å². The second kappa shape index (κ2) is 3.12. The summed E-state index contributed by atoms with van der Waals surface area (Å²) >= 11 is 0. The van der Waals surface area contributed by atoms with Crippen molar-refractivity contribution in [1.29, 1.82) is 0 Å². The van der Waals surface area contributed by atoms with Gasteiger partial charge in [0.1, 0.15) is 5.82 Å². The fourth-order valence-electron chi connectivity index (χ4n) is 2.02. The Hall–Kier alpha value is -1.78. The van der Waals surface area contributed by atoms with Crippen LogP contribution in [-0.2, 0) is 0 Å². The molecule has 1 aliphatic rings. The van der Waals surface area contributed by atoms with Gasteiger partial charge in [-0.1, -0.05) is 0 Å². The van der Waals surface area contributed by atoms with Crippen molar-refractivity contribution in [2.24, 2.45) is 0 Å². The van der Waals surface area contributed by atoms with Gasteiger partial charge in [-0.15, -0.1) is 0 Å². The maximum absolute atomic E-state index is 5.57. The second-order valence-corrected chi connectivity index (χ2v) is 3.86. The van der Waals surface area contributed by atoms with E-state index in [0.717, 1.165) is 24.4 Å². The molecule has 0 saturated carbocycles. The first-order chi connectivity index (χ1) is 7.33. The van der Waals surface area contributed by atoms with E-state index in [0.29, 0.717) is 11.6 Å². The van der Waals surface area contributed by atoms with Crippen molar-refractivity contribution in [2.75, 3.05) is 23.7 Å². The highest BCUT2D eigenvalue weighted by Gasteiger charge is 2.14. The average molecular weight is 203 g/mol. The molecule has 3 rings (SSSR count). The number of aromatic amines is 1. The molecule has 0 spiro atoms. The normalized spacial score (nSPS) is 16.4. The number of hydrogen-bond donors (Lipinski definition) is 2. The Morgan fingerprint density at radius 1 is 1.20 bits per heavy atom. The minimum absolute atomic E-state index is 0.427. The van der Waals surface area contributed by atoms with E-state index in [9.17, 15) is 0 Å². The highest BCUT2D eigenvalue weighted by molar-refractivity contribution is 5.75. The Balaban J connectivity index is 2.04. The molecule has 15 heavy (non-hydrogen) atoms. The van der Waals surface area contributed by atoms with Crippen molar-refractivity contribution < 1.29 is 0 Å². The van der Waals surface area contributed by atoms with Crippen LogP contribution in [0.5, 0.6) is 0 Å². The van der Waals surface area contributed by atoms with Gasteiger partial charge in [-0.25, -0.2) is 4.98 Å². The van der Waals surface area contributed by atoms with Crippen LogP contribution in [0, 0.1) is 0 Å². The van der Waals surface area contributed by atoms with Gasteiger partial charge in [0.15, 0.2) is 11.6 Å². The lowest BCUT2D eigenvalue weighted by Gasteiger charge is -2.15. The van der Waals surface area contributed by atoms with E-state index in [-0.39, 0.29) is 0 Å². The molecule has 1 saturated heterocycles. The summed E-state index contributed by atoms with van der Waals surface area (Å²) in [5, 5.41) is 0. The van der Waals surface area contributed by atoms with E-state index in [4.69, 9.17) is 5.73 Å². The summed E-state index contributed by atoms with van der Waals surface area (Å²) in [7, 11) is 0. The lowest BCUT2D eigenvalue weighted by atomic mass is 10.4. The van der Waals surface area contributed by atoms with Crippen LogP contribution in [0.2, 0.25) is 0 Å². The molecule has 0 aromatic carbocycles. The number of imidazole rings is 1. The monoisotopic (exact) mass is 203 g/mol. The zero-order valence-electron chi connectivity index (χ0n) is 8.40. The molecule has 0 amide bonds. The summed E-state index contributed by atoms with van der Waals surface area (Å²) in [6.07, 6.45) is 2.50. The van der Waals surface area contributed by atoms with Crippen LogP contribution in [0.4, 0.5) is 11.8 Å². The first-order valence-corrected chi connectivity index (χ1v) is 5.20. The number of pyridine rings is 1. The van der Waals surface area contributed by atoms with Gasteiger partial charge in [0.2, 0.25) is 0 Å². The third kappa shape index (κ3) is 1.40. The fraction of sp³-hybridized carbons (Fsp3) is 0.400. The summed E-state index contributed by atoms with van der Waals surface area (Å²) in [4.78, 5) is 13.9. The van der Waals surface area contributed by atoms with Crippen molar-refractivity contribution in [1.82, 2.24) is 15.0 Å². The lowest BCUT2D eigenvalue weighted by Crippen LogP contribution is -2.18. The topological polar surface area (TPSA) is 70.8 Å². The largest absolute Gasteiger partial charge is 0.369 e. The van der Waals surface area contributed by atoms with Gasteiger partial charge in [0.05, 0.1) is 5.52 Å². The molecule has 5 heteroatoms. The van der Waals surface area contributed by atoms with Crippen LogP contribution in [0.1, 0.15) is 12.8 Å². The van der Waals surface area contributed by atoms with E-state index in [1.165, 1.54) is 12.8 Å². The lowest BCUT2D eigenvalue weighted by molar-refractivity contribution is 0.942. The Kier molecular flexibility index (Phi) is 1.77. The Morgan fingerprint density at radius 3 is 2.80 bits per heavy atom. The quantitative estimate of drug-likeness (QED) is 0.729. The van der Waals surface area contributed by atoms with Crippen molar-refractivity contribution >= 4 is 22.9 Å². The predicted octanol–water partition coefficient (Wildman–Crippen LogP) is 1.14. The Labute approximate surface area is 87.3 Å². The van der Waals surface area contributed by atoms with Gasteiger partial charge < -0.3 is 15.6 Å². The molecule has 1 aliphatic heterocycles. The van der Waals surface area contributed by atoms with Crippen LogP contribution < -0.4 is 10.6 Å². The molecular formula is C10H13N5. The molecule has 2 aromatic rings. The highest BCUT2D eigenvalue weighted by atomic mass is 15.2. The molecule has 3 N–H and O–H groups in total. The van der Waals surface area contributed by atoms with Crippen molar-refractivity contribution in [3.8, 4) is 0 Å². The highest BCUT2D eigenvalue weighted by Crippen LogP contribution is 2.20. The molecule has 0 unspecified atom stereocenters. The van der Waals surface area contributed by atoms with E-state index in [1.54, 1.807) is 0 Å². The third-order valence-electron chi connectivity index (χ3n) is 2.78. The van der Waals surface area contributed by atoms with E-state index in [2.05, 4.69) is 19.9 Å². The van der Waals surface area contributed by atoms with Gasteiger partial charge in [-0.05, 0) is 25.0 Å². The van der Waals surface area contributed by atoms with Gasteiger partial charge in [-0.2, -0.15) is 4.98 Å². The third-order valence-corrected chi connectivity index (χ3v) is 2.78. The molecule has 0 bridgehead atoms. The molecule has 0 atom stereocenters. The number of nitrogens with two attached hydrogens (primary N) is 1. The van der Waals surface area contributed by atoms with Crippen molar-refractivity contribution in [3.63, 3.8) is 0 Å². The number of nitrogens with one attached hydrogen (secondary N) is 1. The van der Waals surface area contributed by atoms with Crippen molar-refractivity contribution in [2.45, 2.75) is 12.8 Å². The molecule has 78 valence electrons. The fourth-order valence-corrected chi connectivity index (χ4v) is 2.02. The number of nitrogen functional groups attached to an aromatic ring is 1. The van der Waals surface area contributed by atoms with E-state index < -0.39 is 0 Å². The summed E-state index contributed by atoms with van der Waals surface area (Å²) in [5.74, 6) is 1.43. The predicted molar refractivity (Wildman–Crippen MR) is 59.7 cm³/mol. The number of aromatic nitrogens is 3. The van der Waals surface area contributed by atoms with Gasteiger partial charge in [0.25, 0.3) is 0 Å². The van der Waals surface area contributed by atoms with Gasteiger partial charge >= 0.3 is 0 Å². The first kappa shape index (κ1) is 8.52. The van der Waals surface area contributed by atoms with Gasteiger partial charge in [-0.3, -0.25) is 0 Å². The molecular weight excluding hydrogens is 190 g/mol. The average Bonchev–Trinajstić information content (AvgIpc) is 2.82. The zero-order chi connectivity index (χ0) is 10.3. The Bertz CT molecular complexity index is 484. The summed E-state index contributed by atoms with van der Waals surface area (Å²) < 4.78 is 0. The van der Waals surface area contributed by atoms with Crippen molar-refractivity contribution in [3.05, 3.63) is 12.1 Å². The number of hydrogen-bond acceptors (Lipinski definition) is 4. The van der Waals surface area contributed by atoms with Gasteiger partial charge in [0, 0.05) is 13.1 Å². The molecule has 2 aromatic heterocycles. The van der Waals surface area contributed by atoms with Crippen LogP contribution in [0.3, 0.4) is 0 Å². The van der Waals surface area contributed by atoms with E-state index in [1.807, 2.05) is 12.1 Å². The van der Waals surface area contributed by atoms with Crippen LogP contribution in [0.25, 0.3) is 11.2 Å². The number of H-pyrrole nitrogens is 1. The second-order valence-electron chi connectivity index (χ2n) is 3.86. The minimum atomic E-state index is 0.427. The summed E-state index contributed by atoms with van der Waals surface area (Å²) in [5.41, 5.74) is 7.18. The SMILES string of the molecule is Nc1nc2nc(N3CCCC3)ccc2[nH]1. The standard InChI is InChI=1S/C10H13N5/c11-10-12-7-3-4-8(13-9(7)14-10)15-5-1-2-6-15/h3-4H,1-2,5-6H2,(H3,11,12,13,14).